The first-order valence-corrected chi connectivity index (χ1v) is 7.01. The van der Waals surface area contributed by atoms with Gasteiger partial charge >= 0.3 is 6.09 Å². The number of carbonyl (C=O) groups excluding carboxylic acids is 1. The average molecular weight is 267 g/mol. The van der Waals surface area contributed by atoms with Gasteiger partial charge in [-0.15, -0.1) is 0 Å². The lowest BCUT2D eigenvalue weighted by Gasteiger charge is -2.28. The molecule has 1 amide bonds. The lowest BCUT2D eigenvalue weighted by Crippen LogP contribution is -2.44. The molecule has 1 aliphatic heterocycles. The largest absolute Gasteiger partial charge is 0.444 e. The van der Waals surface area contributed by atoms with Gasteiger partial charge in [0.25, 0.3) is 0 Å². The number of nitriles is 1. The summed E-state index contributed by atoms with van der Waals surface area (Å²) in [5.74, 6) is 0. The number of nitrogens with one attached hydrogen (secondary N) is 1. The Morgan fingerprint density at radius 2 is 2.26 bits per heavy atom. The van der Waals surface area contributed by atoms with Gasteiger partial charge < -0.3 is 15.0 Å². The maximum absolute atomic E-state index is 12.0. The van der Waals surface area contributed by atoms with Gasteiger partial charge in [0.05, 0.1) is 6.07 Å². The van der Waals surface area contributed by atoms with E-state index in [0.717, 1.165) is 38.9 Å². The van der Waals surface area contributed by atoms with Crippen molar-refractivity contribution in [2.75, 3.05) is 19.6 Å². The van der Waals surface area contributed by atoms with Gasteiger partial charge in [-0.3, -0.25) is 0 Å². The Balaban J connectivity index is 2.33. The van der Waals surface area contributed by atoms with Crippen LogP contribution in [0.2, 0.25) is 0 Å². The van der Waals surface area contributed by atoms with E-state index in [-0.39, 0.29) is 12.1 Å². The highest BCUT2D eigenvalue weighted by atomic mass is 16.6. The van der Waals surface area contributed by atoms with Crippen molar-refractivity contribution in [3.05, 3.63) is 0 Å². The molecule has 0 unspecified atom stereocenters. The van der Waals surface area contributed by atoms with Crippen LogP contribution in [0.15, 0.2) is 0 Å². The summed E-state index contributed by atoms with van der Waals surface area (Å²) in [6, 6.07) is 2.34. The molecule has 1 atom stereocenters. The second kappa shape index (κ2) is 7.34. The molecule has 0 aromatic carbocycles. The van der Waals surface area contributed by atoms with Crippen LogP contribution in [0.25, 0.3) is 0 Å². The van der Waals surface area contributed by atoms with Crippen LogP contribution in [0, 0.1) is 11.3 Å². The number of ether oxygens (including phenoxy) is 1. The molecular formula is C14H25N3O2. The van der Waals surface area contributed by atoms with Crippen molar-refractivity contribution in [1.29, 1.82) is 5.26 Å². The van der Waals surface area contributed by atoms with Gasteiger partial charge in [-0.1, -0.05) is 0 Å². The highest BCUT2D eigenvalue weighted by Crippen LogP contribution is 2.20. The van der Waals surface area contributed by atoms with E-state index >= 15 is 0 Å². The van der Waals surface area contributed by atoms with E-state index in [1.165, 1.54) is 0 Å². The minimum atomic E-state index is -0.440. The maximum atomic E-state index is 12.0. The molecule has 5 nitrogen and oxygen atoms in total. The third-order valence-electron chi connectivity index (χ3n) is 3.03. The molecule has 0 aromatic rings. The van der Waals surface area contributed by atoms with Crippen LogP contribution in [-0.2, 0) is 4.74 Å². The fourth-order valence-corrected chi connectivity index (χ4v) is 2.17. The van der Waals surface area contributed by atoms with Gasteiger partial charge in [0.2, 0.25) is 0 Å². The number of likely N-dealkylation sites (tertiary alicyclic amines) is 1. The molecule has 0 saturated carbocycles. The van der Waals surface area contributed by atoms with E-state index in [4.69, 9.17) is 10.00 Å². The third-order valence-corrected chi connectivity index (χ3v) is 3.03. The summed E-state index contributed by atoms with van der Waals surface area (Å²) in [6.07, 6.45) is 3.27. The lowest BCUT2D eigenvalue weighted by atomic mass is 10.2. The molecule has 1 N–H and O–H groups in total. The van der Waals surface area contributed by atoms with Gasteiger partial charge in [0.15, 0.2) is 0 Å². The molecular weight excluding hydrogens is 242 g/mol. The van der Waals surface area contributed by atoms with Crippen molar-refractivity contribution in [3.8, 4) is 6.07 Å². The van der Waals surface area contributed by atoms with Gasteiger partial charge in [-0.25, -0.2) is 4.79 Å². The van der Waals surface area contributed by atoms with E-state index in [2.05, 4.69) is 11.4 Å². The molecule has 5 heteroatoms. The fraction of sp³-hybridized carbons (Fsp3) is 0.857. The molecule has 0 bridgehead atoms. The molecule has 1 saturated heterocycles. The Hall–Kier alpha value is -1.28. The Morgan fingerprint density at radius 1 is 1.53 bits per heavy atom. The number of nitrogens with zero attached hydrogens (tertiary/aromatic N) is 2. The summed E-state index contributed by atoms with van der Waals surface area (Å²) in [5.41, 5.74) is -0.440. The quantitative estimate of drug-likeness (QED) is 0.776. The molecule has 0 radical (unpaired) electrons. The summed E-state index contributed by atoms with van der Waals surface area (Å²) in [4.78, 5) is 13.9. The molecule has 0 aromatic heterocycles. The first-order chi connectivity index (χ1) is 8.94. The van der Waals surface area contributed by atoms with Gasteiger partial charge in [0, 0.05) is 25.6 Å². The second-order valence-electron chi connectivity index (χ2n) is 5.94. The number of unbranched alkanes of at least 4 members (excludes halogenated alkanes) is 1. The van der Waals surface area contributed by atoms with Crippen molar-refractivity contribution >= 4 is 6.09 Å². The smallest absolute Gasteiger partial charge is 0.410 e. The van der Waals surface area contributed by atoms with Crippen LogP contribution in [0.1, 0.15) is 46.5 Å². The molecule has 1 rings (SSSR count). The van der Waals surface area contributed by atoms with E-state index in [1.807, 2.05) is 25.7 Å². The topological polar surface area (TPSA) is 65.4 Å². The SMILES string of the molecule is CC(C)(C)OC(=O)N1CCC[C@@H]1CNCCCC#N. The molecule has 1 fully saturated rings. The van der Waals surface area contributed by atoms with Crippen LogP contribution < -0.4 is 5.32 Å². The predicted molar refractivity (Wildman–Crippen MR) is 73.7 cm³/mol. The van der Waals surface area contributed by atoms with Crippen LogP contribution in [0.5, 0.6) is 0 Å². The van der Waals surface area contributed by atoms with Crippen molar-refractivity contribution in [1.82, 2.24) is 10.2 Å². The van der Waals surface area contributed by atoms with Crippen LogP contribution in [-0.4, -0.2) is 42.3 Å². The lowest BCUT2D eigenvalue weighted by molar-refractivity contribution is 0.0227. The summed E-state index contributed by atoms with van der Waals surface area (Å²) >= 11 is 0. The first kappa shape index (κ1) is 15.8. The summed E-state index contributed by atoms with van der Waals surface area (Å²) < 4.78 is 5.41. The second-order valence-corrected chi connectivity index (χ2v) is 5.94. The molecule has 108 valence electrons. The highest BCUT2D eigenvalue weighted by molar-refractivity contribution is 5.69. The van der Waals surface area contributed by atoms with Crippen molar-refractivity contribution in [3.63, 3.8) is 0 Å². The number of amides is 1. The molecule has 1 aliphatic rings. The fourth-order valence-electron chi connectivity index (χ4n) is 2.17. The molecule has 1 heterocycles. The van der Waals surface area contributed by atoms with Crippen LogP contribution in [0.3, 0.4) is 0 Å². The van der Waals surface area contributed by atoms with E-state index < -0.39 is 5.60 Å². The van der Waals surface area contributed by atoms with Crippen LogP contribution in [0.4, 0.5) is 4.79 Å². The van der Waals surface area contributed by atoms with Crippen molar-refractivity contribution in [2.45, 2.75) is 58.1 Å². The summed E-state index contributed by atoms with van der Waals surface area (Å²) in [5, 5.41) is 11.8. The zero-order valence-electron chi connectivity index (χ0n) is 12.2. The minimum Gasteiger partial charge on any atom is -0.444 e. The maximum Gasteiger partial charge on any atom is 0.410 e. The van der Waals surface area contributed by atoms with E-state index in [1.54, 1.807) is 0 Å². The highest BCUT2D eigenvalue weighted by Gasteiger charge is 2.31. The van der Waals surface area contributed by atoms with E-state index in [0.29, 0.717) is 6.42 Å². The van der Waals surface area contributed by atoms with Crippen molar-refractivity contribution in [2.24, 2.45) is 0 Å². The zero-order chi connectivity index (χ0) is 14.3. The Morgan fingerprint density at radius 3 is 2.89 bits per heavy atom. The Kier molecular flexibility index (Phi) is 6.10. The summed E-state index contributed by atoms with van der Waals surface area (Å²) in [7, 11) is 0. The minimum absolute atomic E-state index is 0.214. The average Bonchev–Trinajstić information content (AvgIpc) is 2.75. The number of hydrogen-bond donors (Lipinski definition) is 1. The number of rotatable bonds is 5. The van der Waals surface area contributed by atoms with Gasteiger partial charge in [-0.2, -0.15) is 5.26 Å². The number of hydrogen-bond acceptors (Lipinski definition) is 4. The summed E-state index contributed by atoms with van der Waals surface area (Å²) in [6.45, 7) is 8.04. The standard InChI is InChI=1S/C14H25N3O2/c1-14(2,3)19-13(18)17-10-6-7-12(17)11-16-9-5-4-8-15/h12,16H,4-7,9-11H2,1-3H3/t12-/m1/s1. The predicted octanol–water partition coefficient (Wildman–Crippen LogP) is 2.28. The van der Waals surface area contributed by atoms with Crippen molar-refractivity contribution < 1.29 is 9.53 Å². The molecule has 0 aliphatic carbocycles. The Bertz CT molecular complexity index is 331. The normalized spacial score (nSPS) is 19.3. The first-order valence-electron chi connectivity index (χ1n) is 7.01. The molecule has 19 heavy (non-hydrogen) atoms. The Labute approximate surface area is 115 Å². The van der Waals surface area contributed by atoms with Crippen LogP contribution >= 0.6 is 0 Å². The van der Waals surface area contributed by atoms with Gasteiger partial charge in [-0.05, 0) is 46.6 Å². The number of carbonyl (C=O) groups is 1. The zero-order valence-corrected chi connectivity index (χ0v) is 12.2. The third kappa shape index (κ3) is 5.93. The monoisotopic (exact) mass is 267 g/mol. The molecule has 0 spiro atoms. The van der Waals surface area contributed by atoms with E-state index in [9.17, 15) is 4.79 Å². The van der Waals surface area contributed by atoms with Gasteiger partial charge in [0.1, 0.15) is 5.60 Å².